The van der Waals surface area contributed by atoms with Gasteiger partial charge in [-0.15, -0.1) is 11.8 Å². The summed E-state index contributed by atoms with van der Waals surface area (Å²) in [6, 6.07) is 14.7. The number of nitrogens with one attached hydrogen (secondary N) is 2. The van der Waals surface area contributed by atoms with Crippen LogP contribution in [0.5, 0.6) is 0 Å². The van der Waals surface area contributed by atoms with Crippen molar-refractivity contribution in [2.75, 3.05) is 6.07 Å². The lowest BCUT2D eigenvalue weighted by Crippen LogP contribution is -2.71. The normalized spacial score (nSPS) is 22.6. The number of carbonyl (C=O) groups is 4. The molecule has 2 aromatic carbocycles. The molecular formula is C25H26ClN3O6S. The number of rotatable bonds is 8. The van der Waals surface area contributed by atoms with Crippen LogP contribution < -0.4 is 10.6 Å². The Morgan fingerprint density at radius 1 is 1.06 bits per heavy atom. The average molecular weight is 532 g/mol. The SMILES string of the molecule is CC1(C)S[C@@H]2[C@H](NC(=O)C(NC(=O)OCc3ccccc3)c3ccccc3)C(=O)N2[C@H]1C(=O)OCCl. The molecule has 4 atom stereocenters. The number of β-lactam (4-membered cyclic amide) rings is 1. The summed E-state index contributed by atoms with van der Waals surface area (Å²) in [6.45, 7) is 3.71. The molecule has 9 nitrogen and oxygen atoms in total. The summed E-state index contributed by atoms with van der Waals surface area (Å²) in [4.78, 5) is 52.7. The molecular weight excluding hydrogens is 506 g/mol. The molecule has 0 aromatic heterocycles. The third-order valence-electron chi connectivity index (χ3n) is 6.03. The van der Waals surface area contributed by atoms with E-state index in [0.29, 0.717) is 5.56 Å². The largest absolute Gasteiger partial charge is 0.448 e. The summed E-state index contributed by atoms with van der Waals surface area (Å²) in [6.07, 6.45) is -0.773. The monoisotopic (exact) mass is 531 g/mol. The minimum atomic E-state index is -1.09. The molecule has 2 fully saturated rings. The van der Waals surface area contributed by atoms with Crippen LogP contribution in [-0.4, -0.2) is 57.0 Å². The van der Waals surface area contributed by atoms with Crippen LogP contribution in [0.15, 0.2) is 60.7 Å². The Kier molecular flexibility index (Phi) is 7.75. The van der Waals surface area contributed by atoms with Gasteiger partial charge in [0.1, 0.15) is 30.1 Å². The molecule has 4 rings (SSSR count). The summed E-state index contributed by atoms with van der Waals surface area (Å²) >= 11 is 6.94. The number of esters is 1. The van der Waals surface area contributed by atoms with Crippen molar-refractivity contribution in [1.29, 1.82) is 0 Å². The van der Waals surface area contributed by atoms with E-state index in [1.54, 1.807) is 30.3 Å². The molecule has 11 heteroatoms. The minimum Gasteiger partial charge on any atom is -0.448 e. The summed E-state index contributed by atoms with van der Waals surface area (Å²) in [7, 11) is 0. The van der Waals surface area contributed by atoms with Crippen molar-refractivity contribution in [3.05, 3.63) is 71.8 Å². The number of halogens is 1. The number of benzene rings is 2. The van der Waals surface area contributed by atoms with Gasteiger partial charge in [0, 0.05) is 4.75 Å². The van der Waals surface area contributed by atoms with Crippen LogP contribution >= 0.6 is 23.4 Å². The van der Waals surface area contributed by atoms with E-state index in [0.717, 1.165) is 5.56 Å². The number of carbonyl (C=O) groups excluding carboxylic acids is 4. The maximum atomic E-state index is 13.3. The number of nitrogens with zero attached hydrogens (tertiary/aromatic N) is 1. The molecule has 0 spiro atoms. The third kappa shape index (κ3) is 5.29. The average Bonchev–Trinajstić information content (AvgIpc) is 3.13. The fourth-order valence-corrected chi connectivity index (χ4v) is 6.05. The molecule has 2 N–H and O–H groups in total. The topological polar surface area (TPSA) is 114 Å². The first-order valence-corrected chi connectivity index (χ1v) is 12.7. The lowest BCUT2D eigenvalue weighted by atomic mass is 9.95. The molecule has 0 saturated carbocycles. The Balaban J connectivity index is 1.45. The molecule has 190 valence electrons. The van der Waals surface area contributed by atoms with Gasteiger partial charge in [-0.2, -0.15) is 0 Å². The van der Waals surface area contributed by atoms with Crippen molar-refractivity contribution in [1.82, 2.24) is 15.5 Å². The molecule has 2 aliphatic heterocycles. The van der Waals surface area contributed by atoms with Crippen molar-refractivity contribution < 1.29 is 28.7 Å². The molecule has 0 bridgehead atoms. The van der Waals surface area contributed by atoms with Gasteiger partial charge in [0.25, 0.3) is 0 Å². The number of thioether (sulfide) groups is 1. The zero-order chi connectivity index (χ0) is 25.9. The summed E-state index contributed by atoms with van der Waals surface area (Å²) in [5.41, 5.74) is 1.33. The van der Waals surface area contributed by atoms with Crippen LogP contribution in [0.2, 0.25) is 0 Å². The smallest absolute Gasteiger partial charge is 0.408 e. The van der Waals surface area contributed by atoms with Crippen LogP contribution in [0.4, 0.5) is 4.79 Å². The van der Waals surface area contributed by atoms with Gasteiger partial charge in [0.05, 0.1) is 0 Å². The van der Waals surface area contributed by atoms with Crippen molar-refractivity contribution in [3.8, 4) is 0 Å². The highest BCUT2D eigenvalue weighted by Crippen LogP contribution is 2.51. The van der Waals surface area contributed by atoms with Gasteiger partial charge in [-0.1, -0.05) is 72.3 Å². The van der Waals surface area contributed by atoms with E-state index < -0.39 is 52.1 Å². The highest BCUT2D eigenvalue weighted by atomic mass is 35.5. The molecule has 2 heterocycles. The molecule has 2 aliphatic rings. The molecule has 2 aromatic rings. The molecule has 36 heavy (non-hydrogen) atoms. The predicted molar refractivity (Wildman–Crippen MR) is 134 cm³/mol. The van der Waals surface area contributed by atoms with E-state index in [-0.39, 0.29) is 12.7 Å². The molecule has 3 amide bonds. The first-order valence-electron chi connectivity index (χ1n) is 11.3. The third-order valence-corrected chi connectivity index (χ3v) is 7.71. The minimum absolute atomic E-state index is 0.0411. The second kappa shape index (κ2) is 10.8. The first-order chi connectivity index (χ1) is 17.2. The van der Waals surface area contributed by atoms with Crippen LogP contribution in [0.1, 0.15) is 31.0 Å². The van der Waals surface area contributed by atoms with Crippen LogP contribution in [0.25, 0.3) is 0 Å². The van der Waals surface area contributed by atoms with Crippen molar-refractivity contribution in [3.63, 3.8) is 0 Å². The zero-order valence-corrected chi connectivity index (χ0v) is 21.3. The van der Waals surface area contributed by atoms with Crippen LogP contribution in [-0.2, 0) is 30.5 Å². The fourth-order valence-electron chi connectivity index (χ4n) is 4.32. The maximum Gasteiger partial charge on any atom is 0.408 e. The fraction of sp³-hybridized carbons (Fsp3) is 0.360. The second-order valence-electron chi connectivity index (χ2n) is 8.87. The number of ether oxygens (including phenoxy) is 2. The lowest BCUT2D eigenvalue weighted by molar-refractivity contribution is -0.163. The molecule has 1 unspecified atom stereocenters. The standard InChI is InChI=1S/C25H26ClN3O6S/c1-25(2)19(23(32)35-14-26)29-21(31)18(22(29)36-25)27-20(30)17(16-11-7-4-8-12-16)28-24(33)34-13-15-9-5-3-6-10-15/h3-12,17-19,22H,13-14H2,1-2H3,(H,27,30)(H,28,33)/t17?,18-,19+,22-/m1/s1. The highest BCUT2D eigenvalue weighted by molar-refractivity contribution is 8.01. The van der Waals surface area contributed by atoms with Gasteiger partial charge in [0.15, 0.2) is 6.07 Å². The van der Waals surface area contributed by atoms with Crippen molar-refractivity contribution >= 4 is 47.2 Å². The number of hydrogen-bond donors (Lipinski definition) is 2. The Morgan fingerprint density at radius 3 is 2.33 bits per heavy atom. The van der Waals surface area contributed by atoms with Gasteiger partial charge in [-0.25, -0.2) is 9.59 Å². The van der Waals surface area contributed by atoms with Gasteiger partial charge in [-0.05, 0) is 25.0 Å². The van der Waals surface area contributed by atoms with Gasteiger partial charge in [-0.3, -0.25) is 9.59 Å². The first kappa shape index (κ1) is 25.8. The van der Waals surface area contributed by atoms with Crippen LogP contribution in [0.3, 0.4) is 0 Å². The van der Waals surface area contributed by atoms with Crippen LogP contribution in [0, 0.1) is 0 Å². The predicted octanol–water partition coefficient (Wildman–Crippen LogP) is 2.94. The Labute approximate surface area is 217 Å². The summed E-state index contributed by atoms with van der Waals surface area (Å²) in [5.74, 6) is -1.56. The highest BCUT2D eigenvalue weighted by Gasteiger charge is 2.64. The quantitative estimate of drug-likeness (QED) is 0.306. The summed E-state index contributed by atoms with van der Waals surface area (Å²) in [5, 5.41) is 4.89. The van der Waals surface area contributed by atoms with E-state index in [9.17, 15) is 19.2 Å². The summed E-state index contributed by atoms with van der Waals surface area (Å²) < 4.78 is 9.59. The Morgan fingerprint density at radius 2 is 1.69 bits per heavy atom. The number of alkyl carbamates (subject to hydrolysis) is 1. The zero-order valence-electron chi connectivity index (χ0n) is 19.7. The van der Waals surface area contributed by atoms with E-state index in [2.05, 4.69) is 10.6 Å². The second-order valence-corrected chi connectivity index (χ2v) is 10.9. The van der Waals surface area contributed by atoms with E-state index in [1.165, 1.54) is 16.7 Å². The molecule has 2 saturated heterocycles. The van der Waals surface area contributed by atoms with E-state index in [4.69, 9.17) is 21.1 Å². The van der Waals surface area contributed by atoms with Gasteiger partial charge >= 0.3 is 12.1 Å². The van der Waals surface area contributed by atoms with E-state index in [1.807, 2.05) is 44.2 Å². The van der Waals surface area contributed by atoms with Gasteiger partial charge in [0.2, 0.25) is 11.8 Å². The molecule has 0 radical (unpaired) electrons. The number of alkyl halides is 1. The number of hydrogen-bond acceptors (Lipinski definition) is 7. The van der Waals surface area contributed by atoms with Crippen molar-refractivity contribution in [2.45, 2.75) is 48.7 Å². The van der Waals surface area contributed by atoms with E-state index >= 15 is 0 Å². The number of amides is 3. The molecule has 0 aliphatic carbocycles. The lowest BCUT2D eigenvalue weighted by Gasteiger charge is -2.44. The van der Waals surface area contributed by atoms with Gasteiger partial charge < -0.3 is 25.0 Å². The van der Waals surface area contributed by atoms with Crippen molar-refractivity contribution in [2.24, 2.45) is 0 Å². The Hall–Kier alpha value is -3.24. The number of fused-ring (bicyclic) bond motifs is 1. The maximum absolute atomic E-state index is 13.3. The Bertz CT molecular complexity index is 1130.